The summed E-state index contributed by atoms with van der Waals surface area (Å²) in [5, 5.41) is 3.47. The summed E-state index contributed by atoms with van der Waals surface area (Å²) < 4.78 is 5.64. The van der Waals surface area contributed by atoms with Crippen molar-refractivity contribution >= 4 is 5.82 Å². The Morgan fingerprint density at radius 1 is 1.17 bits per heavy atom. The molecule has 3 rings (SSSR count). The summed E-state index contributed by atoms with van der Waals surface area (Å²) in [5.41, 5.74) is 2.59. The van der Waals surface area contributed by atoms with E-state index in [1.54, 1.807) is 6.33 Å². The third-order valence-corrected chi connectivity index (χ3v) is 3.90. The summed E-state index contributed by atoms with van der Waals surface area (Å²) >= 11 is 0. The van der Waals surface area contributed by atoms with Crippen molar-refractivity contribution < 1.29 is 4.74 Å². The molecule has 0 amide bonds. The molecular weight excluding hydrogens is 226 g/mol. The predicted molar refractivity (Wildman–Crippen MR) is 70.8 cm³/mol. The van der Waals surface area contributed by atoms with Crippen LogP contribution >= 0.6 is 0 Å². The molecule has 1 unspecified atom stereocenters. The van der Waals surface area contributed by atoms with E-state index >= 15 is 0 Å². The van der Waals surface area contributed by atoms with E-state index in [-0.39, 0.29) is 0 Å². The van der Waals surface area contributed by atoms with Gasteiger partial charge >= 0.3 is 0 Å². The molecule has 18 heavy (non-hydrogen) atoms. The van der Waals surface area contributed by atoms with Gasteiger partial charge in [-0.3, -0.25) is 0 Å². The molecule has 1 saturated heterocycles. The molecule has 1 aromatic rings. The molecule has 0 bridgehead atoms. The number of nitrogens with one attached hydrogen (secondary N) is 1. The Balaban J connectivity index is 1.70. The highest BCUT2D eigenvalue weighted by atomic mass is 16.5. The van der Waals surface area contributed by atoms with Gasteiger partial charge in [-0.1, -0.05) is 6.42 Å². The fraction of sp³-hybridized carbons (Fsp3) is 0.714. The first kappa shape index (κ1) is 11.9. The predicted octanol–water partition coefficient (Wildman–Crippen LogP) is 2.34. The lowest BCUT2D eigenvalue weighted by molar-refractivity contribution is 0.120. The minimum atomic E-state index is 0.362. The van der Waals surface area contributed by atoms with Crippen LogP contribution in [0.1, 0.15) is 43.4 Å². The second kappa shape index (κ2) is 5.65. The van der Waals surface area contributed by atoms with Crippen molar-refractivity contribution in [2.75, 3.05) is 18.5 Å². The molecule has 98 valence electrons. The van der Waals surface area contributed by atoms with Crippen LogP contribution in [0.2, 0.25) is 0 Å². The van der Waals surface area contributed by atoms with E-state index in [1.165, 1.54) is 43.4 Å². The van der Waals surface area contributed by atoms with Gasteiger partial charge in [-0.15, -0.1) is 0 Å². The number of anilines is 1. The molecule has 0 spiro atoms. The lowest BCUT2D eigenvalue weighted by Crippen LogP contribution is -2.20. The van der Waals surface area contributed by atoms with Gasteiger partial charge in [0, 0.05) is 24.4 Å². The van der Waals surface area contributed by atoms with E-state index in [9.17, 15) is 0 Å². The van der Waals surface area contributed by atoms with Crippen molar-refractivity contribution in [1.82, 2.24) is 9.97 Å². The Hall–Kier alpha value is -1.16. The van der Waals surface area contributed by atoms with Crippen LogP contribution in [0.5, 0.6) is 0 Å². The first-order chi connectivity index (χ1) is 8.93. The maximum absolute atomic E-state index is 5.64. The Bertz CT molecular complexity index is 402. The summed E-state index contributed by atoms with van der Waals surface area (Å²) in [6.07, 6.45) is 10.5. The van der Waals surface area contributed by atoms with Crippen LogP contribution in [0.4, 0.5) is 5.82 Å². The van der Waals surface area contributed by atoms with Gasteiger partial charge in [0.15, 0.2) is 0 Å². The van der Waals surface area contributed by atoms with Crippen LogP contribution in [0, 0.1) is 0 Å². The average Bonchev–Trinajstić information content (AvgIpc) is 2.79. The Labute approximate surface area is 108 Å². The van der Waals surface area contributed by atoms with Gasteiger partial charge in [0.05, 0.1) is 6.10 Å². The molecule has 2 aliphatic rings. The van der Waals surface area contributed by atoms with Gasteiger partial charge in [-0.05, 0) is 38.5 Å². The van der Waals surface area contributed by atoms with Crippen LogP contribution < -0.4 is 5.32 Å². The first-order valence-corrected chi connectivity index (χ1v) is 7.12. The highest BCUT2D eigenvalue weighted by Gasteiger charge is 2.18. The number of ether oxygens (including phenoxy) is 1. The minimum Gasteiger partial charge on any atom is -0.376 e. The third kappa shape index (κ3) is 2.64. The Morgan fingerprint density at radius 2 is 2.11 bits per heavy atom. The fourth-order valence-electron chi connectivity index (χ4n) is 2.87. The van der Waals surface area contributed by atoms with Crippen molar-refractivity contribution in [2.45, 2.75) is 51.0 Å². The molecule has 1 aliphatic heterocycles. The van der Waals surface area contributed by atoms with Crippen molar-refractivity contribution in [2.24, 2.45) is 0 Å². The standard InChI is InChI=1S/C14H21N3O/c1-2-6-12-13(7-3-1)16-10-17-14(12)15-9-11-5-4-8-18-11/h10-11H,1-9H2,(H,15,16,17). The van der Waals surface area contributed by atoms with E-state index < -0.39 is 0 Å². The smallest absolute Gasteiger partial charge is 0.132 e. The lowest BCUT2D eigenvalue weighted by Gasteiger charge is -2.15. The second-order valence-electron chi connectivity index (χ2n) is 5.22. The van der Waals surface area contributed by atoms with E-state index in [0.29, 0.717) is 6.10 Å². The van der Waals surface area contributed by atoms with Gasteiger partial charge in [-0.2, -0.15) is 0 Å². The molecule has 1 aromatic heterocycles. The fourth-order valence-corrected chi connectivity index (χ4v) is 2.87. The summed E-state index contributed by atoms with van der Waals surface area (Å²) in [7, 11) is 0. The second-order valence-corrected chi connectivity index (χ2v) is 5.22. The number of aryl methyl sites for hydroxylation is 1. The molecule has 4 heteroatoms. The number of hydrogen-bond donors (Lipinski definition) is 1. The zero-order valence-corrected chi connectivity index (χ0v) is 10.8. The van der Waals surface area contributed by atoms with Crippen molar-refractivity contribution in [3.8, 4) is 0 Å². The van der Waals surface area contributed by atoms with E-state index in [1.807, 2.05) is 0 Å². The van der Waals surface area contributed by atoms with Gasteiger partial charge < -0.3 is 10.1 Å². The van der Waals surface area contributed by atoms with E-state index in [4.69, 9.17) is 4.74 Å². The molecule has 0 radical (unpaired) electrons. The van der Waals surface area contributed by atoms with Crippen LogP contribution in [-0.2, 0) is 17.6 Å². The largest absolute Gasteiger partial charge is 0.376 e. The molecule has 1 N–H and O–H groups in total. The highest BCUT2D eigenvalue weighted by molar-refractivity contribution is 5.46. The third-order valence-electron chi connectivity index (χ3n) is 3.90. The number of nitrogens with zero attached hydrogens (tertiary/aromatic N) is 2. The molecule has 1 aliphatic carbocycles. The molecule has 0 saturated carbocycles. The SMILES string of the molecule is c1nc2c(c(NCC3CCCO3)n1)CCCCC2. The monoisotopic (exact) mass is 247 g/mol. The Kier molecular flexibility index (Phi) is 3.74. The van der Waals surface area contributed by atoms with Crippen molar-refractivity contribution in [3.05, 3.63) is 17.6 Å². The number of aromatic nitrogens is 2. The Morgan fingerprint density at radius 3 is 3.00 bits per heavy atom. The zero-order chi connectivity index (χ0) is 12.2. The van der Waals surface area contributed by atoms with Gasteiger partial charge in [0.25, 0.3) is 0 Å². The van der Waals surface area contributed by atoms with Crippen LogP contribution in [-0.4, -0.2) is 29.2 Å². The van der Waals surface area contributed by atoms with Gasteiger partial charge in [0.1, 0.15) is 12.1 Å². The number of hydrogen-bond acceptors (Lipinski definition) is 4. The number of fused-ring (bicyclic) bond motifs is 1. The van der Waals surface area contributed by atoms with Gasteiger partial charge in [0.2, 0.25) is 0 Å². The average molecular weight is 247 g/mol. The molecule has 2 heterocycles. The molecule has 1 atom stereocenters. The summed E-state index contributed by atoms with van der Waals surface area (Å²) in [6.45, 7) is 1.79. The maximum atomic E-state index is 5.64. The van der Waals surface area contributed by atoms with Crippen molar-refractivity contribution in [1.29, 1.82) is 0 Å². The zero-order valence-electron chi connectivity index (χ0n) is 10.8. The highest BCUT2D eigenvalue weighted by Crippen LogP contribution is 2.24. The molecule has 1 fully saturated rings. The number of rotatable bonds is 3. The van der Waals surface area contributed by atoms with Crippen LogP contribution in [0.25, 0.3) is 0 Å². The lowest BCUT2D eigenvalue weighted by atomic mass is 10.1. The maximum Gasteiger partial charge on any atom is 0.132 e. The normalized spacial score (nSPS) is 23.4. The van der Waals surface area contributed by atoms with Crippen LogP contribution in [0.15, 0.2) is 6.33 Å². The molecule has 0 aromatic carbocycles. The van der Waals surface area contributed by atoms with Crippen molar-refractivity contribution in [3.63, 3.8) is 0 Å². The van der Waals surface area contributed by atoms with Crippen LogP contribution in [0.3, 0.4) is 0 Å². The van der Waals surface area contributed by atoms with Gasteiger partial charge in [-0.25, -0.2) is 9.97 Å². The van der Waals surface area contributed by atoms with E-state index in [2.05, 4.69) is 15.3 Å². The summed E-state index contributed by atoms with van der Waals surface area (Å²) in [6, 6.07) is 0. The topological polar surface area (TPSA) is 47.0 Å². The first-order valence-electron chi connectivity index (χ1n) is 7.12. The molecule has 4 nitrogen and oxygen atoms in total. The van der Waals surface area contributed by atoms with E-state index in [0.717, 1.165) is 31.8 Å². The summed E-state index contributed by atoms with van der Waals surface area (Å²) in [5.74, 6) is 1.04. The quantitative estimate of drug-likeness (QED) is 0.833. The minimum absolute atomic E-state index is 0.362. The molecular formula is C14H21N3O. The summed E-state index contributed by atoms with van der Waals surface area (Å²) in [4.78, 5) is 8.85.